The summed E-state index contributed by atoms with van der Waals surface area (Å²) in [7, 11) is -1.22. The van der Waals surface area contributed by atoms with Crippen LogP contribution in [0, 0.1) is 0 Å². The summed E-state index contributed by atoms with van der Waals surface area (Å²) in [4.78, 5) is 38.2. The largest absolute Gasteiger partial charge is 0.478 e. The molecule has 20 heteroatoms. The van der Waals surface area contributed by atoms with Gasteiger partial charge < -0.3 is 31.6 Å². The van der Waals surface area contributed by atoms with E-state index in [0.29, 0.717) is 44.8 Å². The summed E-state index contributed by atoms with van der Waals surface area (Å²) in [6.45, 7) is 0. The minimum atomic E-state index is -1.00. The van der Waals surface area contributed by atoms with Gasteiger partial charge in [0.2, 0.25) is 10.2 Å². The van der Waals surface area contributed by atoms with Crippen LogP contribution in [0.25, 0.3) is 66.4 Å². The van der Waals surface area contributed by atoms with Crippen molar-refractivity contribution >= 4 is 123 Å². The lowest BCUT2D eigenvalue weighted by Crippen LogP contribution is -2.01. The van der Waals surface area contributed by atoms with Gasteiger partial charge in [0.05, 0.1) is 56.0 Å². The Hall–Kier alpha value is -6.48. The molecule has 0 bridgehead atoms. The van der Waals surface area contributed by atoms with Crippen LogP contribution in [0.5, 0.6) is 0 Å². The predicted molar refractivity (Wildman–Crippen MR) is 237 cm³/mol. The second-order valence-corrected chi connectivity index (χ2v) is 16.1. The maximum absolute atomic E-state index is 11.2. The minimum Gasteiger partial charge on any atom is -0.478 e. The molecule has 0 saturated carbocycles. The van der Waals surface area contributed by atoms with Gasteiger partial charge in [0.1, 0.15) is 11.4 Å². The highest BCUT2D eigenvalue weighted by Gasteiger charge is 2.22. The van der Waals surface area contributed by atoms with Crippen molar-refractivity contribution in [1.82, 2.24) is 19.9 Å². The van der Waals surface area contributed by atoms with Gasteiger partial charge in [0, 0.05) is 68.2 Å². The van der Waals surface area contributed by atoms with E-state index in [1.54, 1.807) is 37.2 Å². The van der Waals surface area contributed by atoms with E-state index >= 15 is 0 Å². The highest BCUT2D eigenvalue weighted by atomic mass is 32.2. The predicted octanol–water partition coefficient (Wildman–Crippen LogP) is 7.68. The van der Waals surface area contributed by atoms with Crippen molar-refractivity contribution < 1.29 is 28.2 Å². The third-order valence-electron chi connectivity index (χ3n) is 7.79. The highest BCUT2D eigenvalue weighted by molar-refractivity contribution is 7.83. The molecule has 0 fully saturated rings. The summed E-state index contributed by atoms with van der Waals surface area (Å²) in [5.74, 6) is -2.01. The van der Waals surface area contributed by atoms with Crippen molar-refractivity contribution in [2.24, 2.45) is 31.9 Å². The Morgan fingerprint density at radius 3 is 1.24 bits per heavy atom. The molecular weight excluding hydrogens is 821 g/mol. The Morgan fingerprint density at radius 1 is 0.603 bits per heavy atom. The van der Waals surface area contributed by atoms with Gasteiger partial charge in [-0.05, 0) is 60.8 Å². The van der Waals surface area contributed by atoms with Crippen LogP contribution >= 0.6 is 24.4 Å². The number of aromatic carboxylic acids is 2. The number of thiocarbonyl (C=S) groups is 2. The molecule has 4 aromatic carbocycles. The summed E-state index contributed by atoms with van der Waals surface area (Å²) in [5, 5.41) is 37.6. The first-order valence-electron chi connectivity index (χ1n) is 16.6. The number of nitrogens with one attached hydrogen (secondary N) is 2. The van der Waals surface area contributed by atoms with Crippen molar-refractivity contribution in [2.45, 2.75) is 0 Å². The molecule has 4 aliphatic rings. The fourth-order valence-corrected chi connectivity index (χ4v) is 5.76. The maximum Gasteiger partial charge on any atom is 0.335 e. The first-order chi connectivity index (χ1) is 27.5. The first kappa shape index (κ1) is 42.7. The second-order valence-electron chi connectivity index (χ2n) is 12.3. The minimum absolute atomic E-state index is 0.0691. The lowest BCUT2D eigenvalue weighted by Gasteiger charge is -2.06. The van der Waals surface area contributed by atoms with Crippen LogP contribution in [0.4, 0.5) is 11.4 Å². The molecule has 0 aromatic heterocycles. The molecule has 0 saturated heterocycles. The normalized spacial score (nSPS) is 11.3. The molecule has 16 nitrogen and oxygen atoms in total. The SMILES string of the molecule is CS(C)=O.CS(C)=O.NC(=S)N=Nc1c2[nH]c3cc(C(=O)O)ccc3nc-2c2ccccc12.NC(=S)N=Nc1c2[nH]c3cc(C(=O)O)ccc3nc-2c2ccccc12. The van der Waals surface area contributed by atoms with Crippen LogP contribution in [0.1, 0.15) is 20.7 Å². The van der Waals surface area contributed by atoms with Crippen LogP contribution in [0.3, 0.4) is 0 Å². The molecule has 2 aliphatic heterocycles. The van der Waals surface area contributed by atoms with Crippen LogP contribution in [-0.4, -0.2) is 85.8 Å². The molecule has 4 aromatic rings. The molecule has 0 radical (unpaired) electrons. The summed E-state index contributed by atoms with van der Waals surface area (Å²) in [6.07, 6.45) is 6.56. The molecule has 0 unspecified atom stereocenters. The van der Waals surface area contributed by atoms with E-state index in [-0.39, 0.29) is 21.4 Å². The van der Waals surface area contributed by atoms with Crippen molar-refractivity contribution in [3.63, 3.8) is 0 Å². The van der Waals surface area contributed by atoms with Crippen molar-refractivity contribution in [1.29, 1.82) is 0 Å². The van der Waals surface area contributed by atoms with E-state index in [1.807, 2.05) is 48.5 Å². The monoisotopic (exact) mass is 854 g/mol. The summed E-state index contributed by atoms with van der Waals surface area (Å²) in [5.41, 5.74) is 17.6. The fourth-order valence-electron chi connectivity index (χ4n) is 5.67. The van der Waals surface area contributed by atoms with Crippen LogP contribution in [-0.2, 0) is 21.6 Å². The van der Waals surface area contributed by atoms with Gasteiger partial charge in [-0.1, -0.05) is 48.5 Å². The van der Waals surface area contributed by atoms with E-state index in [2.05, 4.69) is 40.4 Å². The number of hydrogen-bond acceptors (Lipinski definition) is 10. The summed E-state index contributed by atoms with van der Waals surface area (Å²) < 4.78 is 19.1. The molecule has 0 amide bonds. The fraction of sp³-hybridized carbons (Fsp3) is 0.105. The second kappa shape index (κ2) is 18.6. The molecule has 296 valence electrons. The molecule has 8 rings (SSSR count). The number of fused-ring (bicyclic) bond motifs is 8. The number of H-pyrrole nitrogens is 2. The zero-order valence-corrected chi connectivity index (χ0v) is 34.3. The topological polar surface area (TPSA) is 268 Å². The highest BCUT2D eigenvalue weighted by Crippen LogP contribution is 2.44. The van der Waals surface area contributed by atoms with Gasteiger partial charge in [-0.3, -0.25) is 8.42 Å². The summed E-state index contributed by atoms with van der Waals surface area (Å²) >= 11 is 9.53. The van der Waals surface area contributed by atoms with Crippen LogP contribution < -0.4 is 11.5 Å². The Morgan fingerprint density at radius 2 is 0.931 bits per heavy atom. The third-order valence-corrected chi connectivity index (χ3v) is 7.95. The van der Waals surface area contributed by atoms with Gasteiger partial charge >= 0.3 is 11.9 Å². The Balaban J connectivity index is 0.000000187. The summed E-state index contributed by atoms with van der Waals surface area (Å²) in [6, 6.07) is 24.8. The molecule has 2 heterocycles. The van der Waals surface area contributed by atoms with Crippen LogP contribution in [0.15, 0.2) is 105 Å². The molecule has 8 N–H and O–H groups in total. The molecular formula is C38H34N10O6S4. The number of carboxylic acid groups (broad SMARTS) is 2. The van der Waals surface area contributed by atoms with E-state index in [9.17, 15) is 28.2 Å². The van der Waals surface area contributed by atoms with Gasteiger partial charge in [-0.2, -0.15) is 0 Å². The Bertz CT molecular complexity index is 2720. The first-order valence-corrected chi connectivity index (χ1v) is 21.4. The lowest BCUT2D eigenvalue weighted by molar-refractivity contribution is 0.0686. The van der Waals surface area contributed by atoms with Gasteiger partial charge in [0.25, 0.3) is 0 Å². The average molecular weight is 855 g/mol. The number of azo groups is 2. The van der Waals surface area contributed by atoms with E-state index in [4.69, 9.17) is 35.9 Å². The molecule has 0 spiro atoms. The number of carbonyl (C=O) groups is 2. The number of carboxylic acids is 2. The van der Waals surface area contributed by atoms with Gasteiger partial charge in [-0.25, -0.2) is 19.6 Å². The zero-order chi connectivity index (χ0) is 42.3. The number of benzene rings is 4. The van der Waals surface area contributed by atoms with Crippen molar-refractivity contribution in [3.8, 4) is 22.8 Å². The van der Waals surface area contributed by atoms with Crippen molar-refractivity contribution in [3.05, 3.63) is 96.1 Å². The molecule has 58 heavy (non-hydrogen) atoms. The third kappa shape index (κ3) is 10.1. The van der Waals surface area contributed by atoms with E-state index < -0.39 is 33.5 Å². The number of nitrogens with zero attached hydrogens (tertiary/aromatic N) is 6. The Labute approximate surface area is 345 Å². The molecule has 0 atom stereocenters. The van der Waals surface area contributed by atoms with E-state index in [0.717, 1.165) is 32.9 Å². The Kier molecular flexibility index (Phi) is 13.7. The average Bonchev–Trinajstić information content (AvgIpc) is 3.64. The number of rotatable bonds is 4. The standard InChI is InChI=1S/2C17H11N5O2S.2C2H6OS/c2*18-17(25)22-21-14-10-4-2-1-3-9(10)13-15(14)20-12-7-8(16(23)24)5-6-11(12)19-13;2*1-4(2)3/h2*1-7,20H,(H2,18,25)(H,23,24);2*1-2H3. The molecule has 2 aliphatic carbocycles. The number of hydrogen-bond donors (Lipinski definition) is 6. The van der Waals surface area contributed by atoms with Crippen LogP contribution in [0.2, 0.25) is 0 Å². The quantitative estimate of drug-likeness (QED) is 0.0735. The van der Waals surface area contributed by atoms with Crippen molar-refractivity contribution in [2.75, 3.05) is 25.0 Å². The number of aromatic amines is 2. The smallest absolute Gasteiger partial charge is 0.335 e. The lowest BCUT2D eigenvalue weighted by atomic mass is 10.1. The maximum atomic E-state index is 11.2. The number of aromatic nitrogens is 4. The van der Waals surface area contributed by atoms with Gasteiger partial charge in [0.15, 0.2) is 0 Å². The zero-order valence-electron chi connectivity index (χ0n) is 31.1. The number of nitrogens with two attached hydrogens (primary N) is 2. The van der Waals surface area contributed by atoms with Gasteiger partial charge in [-0.15, -0.1) is 20.5 Å². The van der Waals surface area contributed by atoms with E-state index in [1.165, 1.54) is 24.3 Å².